The average Bonchev–Trinajstić information content (AvgIpc) is 3.53. The van der Waals surface area contributed by atoms with Crippen molar-refractivity contribution >= 4 is 50.6 Å². The fourth-order valence-corrected chi connectivity index (χ4v) is 5.52. The molecule has 1 aliphatic carbocycles. The lowest BCUT2D eigenvalue weighted by Crippen LogP contribution is -2.34. The van der Waals surface area contributed by atoms with Crippen LogP contribution >= 0.6 is 22.9 Å². The zero-order valence-electron chi connectivity index (χ0n) is 17.7. The summed E-state index contributed by atoms with van der Waals surface area (Å²) in [5.41, 5.74) is 1.84. The summed E-state index contributed by atoms with van der Waals surface area (Å²) in [5.74, 6) is 0.816. The number of benzene rings is 1. The van der Waals surface area contributed by atoms with Crippen LogP contribution in [0.1, 0.15) is 23.3 Å². The molecule has 2 N–H and O–H groups in total. The number of carbonyl (C=O) groups is 1. The molecule has 32 heavy (non-hydrogen) atoms. The minimum Gasteiger partial charge on any atom is -0.508 e. The Labute approximate surface area is 195 Å². The number of fused-ring (bicyclic) bond motifs is 3. The Balaban J connectivity index is 1.34. The third-order valence-electron chi connectivity index (χ3n) is 5.92. The van der Waals surface area contributed by atoms with E-state index in [2.05, 4.69) is 27.2 Å². The summed E-state index contributed by atoms with van der Waals surface area (Å²) in [6.07, 6.45) is 8.47. The first-order chi connectivity index (χ1) is 15.5. The van der Waals surface area contributed by atoms with Crippen LogP contribution in [-0.4, -0.2) is 57.0 Å². The molecule has 166 valence electrons. The molecule has 3 heterocycles. The highest BCUT2D eigenvalue weighted by Crippen LogP contribution is 2.38. The largest absolute Gasteiger partial charge is 0.508 e. The number of nitrogens with one attached hydrogen (secondary N) is 1. The quantitative estimate of drug-likeness (QED) is 0.523. The average molecular weight is 470 g/mol. The van der Waals surface area contributed by atoms with Crippen LogP contribution in [0.5, 0.6) is 5.75 Å². The predicted molar refractivity (Wildman–Crippen MR) is 128 cm³/mol. The van der Waals surface area contributed by atoms with E-state index in [1.807, 2.05) is 11.0 Å². The fraction of sp³-hybridized carbons (Fsp3) is 0.348. The minimum absolute atomic E-state index is 0.0520. The molecule has 7 nitrogen and oxygen atoms in total. The lowest BCUT2D eigenvalue weighted by atomic mass is 10.0. The van der Waals surface area contributed by atoms with Crippen molar-refractivity contribution in [1.82, 2.24) is 19.8 Å². The summed E-state index contributed by atoms with van der Waals surface area (Å²) >= 11 is 7.67. The second kappa shape index (κ2) is 8.69. The van der Waals surface area contributed by atoms with Crippen molar-refractivity contribution in [3.8, 4) is 5.75 Å². The number of hydrogen-bond acceptors (Lipinski definition) is 7. The summed E-state index contributed by atoms with van der Waals surface area (Å²) in [6.45, 7) is 2.05. The summed E-state index contributed by atoms with van der Waals surface area (Å²) < 4.78 is 0. The van der Waals surface area contributed by atoms with E-state index in [0.717, 1.165) is 28.1 Å². The number of halogens is 1. The van der Waals surface area contributed by atoms with Gasteiger partial charge in [0.25, 0.3) is 0 Å². The maximum atomic E-state index is 12.7. The molecule has 0 bridgehead atoms. The number of carbonyl (C=O) groups excluding carboxylic acids is 1. The van der Waals surface area contributed by atoms with E-state index in [-0.39, 0.29) is 11.7 Å². The van der Waals surface area contributed by atoms with Crippen molar-refractivity contribution < 1.29 is 9.90 Å². The molecule has 2 aromatic heterocycles. The number of thiophene rings is 1. The number of hydrogen-bond donors (Lipinski definition) is 2. The van der Waals surface area contributed by atoms with E-state index < -0.39 is 0 Å². The van der Waals surface area contributed by atoms with Crippen LogP contribution in [0, 0.1) is 0 Å². The molecule has 0 spiro atoms. The van der Waals surface area contributed by atoms with Gasteiger partial charge in [0.1, 0.15) is 22.7 Å². The Morgan fingerprint density at radius 2 is 2.22 bits per heavy atom. The van der Waals surface area contributed by atoms with Crippen LogP contribution < -0.4 is 5.32 Å². The van der Waals surface area contributed by atoms with Gasteiger partial charge in [-0.2, -0.15) is 0 Å². The zero-order chi connectivity index (χ0) is 22.2. The number of rotatable bonds is 6. The Kier molecular flexibility index (Phi) is 5.75. The maximum Gasteiger partial charge on any atom is 0.246 e. The van der Waals surface area contributed by atoms with E-state index in [9.17, 15) is 9.90 Å². The summed E-state index contributed by atoms with van der Waals surface area (Å²) in [5, 5.41) is 14.5. The van der Waals surface area contributed by atoms with Gasteiger partial charge >= 0.3 is 0 Å². The number of nitrogens with zero attached hydrogens (tertiary/aromatic N) is 4. The fourth-order valence-electron chi connectivity index (χ4n) is 4.08. The number of amides is 1. The molecular weight excluding hydrogens is 446 g/mol. The van der Waals surface area contributed by atoms with Gasteiger partial charge in [-0.25, -0.2) is 9.97 Å². The van der Waals surface area contributed by atoms with E-state index in [4.69, 9.17) is 11.6 Å². The summed E-state index contributed by atoms with van der Waals surface area (Å²) in [7, 11) is 2.11. The lowest BCUT2D eigenvalue weighted by molar-refractivity contribution is -0.126. The van der Waals surface area contributed by atoms with Crippen LogP contribution in [0.3, 0.4) is 0 Å². The van der Waals surface area contributed by atoms with Crippen LogP contribution in [0.4, 0.5) is 11.5 Å². The molecular formula is C23H24ClN5O2S. The highest BCUT2D eigenvalue weighted by Gasteiger charge is 2.27. The molecule has 1 fully saturated rings. The number of aromatic nitrogens is 2. The Hall–Kier alpha value is -2.68. The zero-order valence-corrected chi connectivity index (χ0v) is 19.3. The summed E-state index contributed by atoms with van der Waals surface area (Å²) in [4.78, 5) is 27.8. The summed E-state index contributed by atoms with van der Waals surface area (Å²) in [6, 6.07) is 5.51. The van der Waals surface area contributed by atoms with Crippen LogP contribution in [-0.2, 0) is 17.8 Å². The number of aromatic hydroxyl groups is 1. The van der Waals surface area contributed by atoms with Crippen LogP contribution in [0.15, 0.2) is 36.7 Å². The van der Waals surface area contributed by atoms with Gasteiger partial charge in [0.05, 0.1) is 11.9 Å². The van der Waals surface area contributed by atoms with Gasteiger partial charge in [0, 0.05) is 46.9 Å². The van der Waals surface area contributed by atoms with Crippen molar-refractivity contribution in [3.05, 3.63) is 52.1 Å². The maximum absolute atomic E-state index is 12.7. The molecule has 1 aliphatic heterocycles. The molecule has 3 aromatic rings. The third-order valence-corrected chi connectivity index (χ3v) is 7.26. The molecule has 0 atom stereocenters. The van der Waals surface area contributed by atoms with Gasteiger partial charge < -0.3 is 15.3 Å². The van der Waals surface area contributed by atoms with Gasteiger partial charge in [-0.05, 0) is 44.0 Å². The van der Waals surface area contributed by atoms with Gasteiger partial charge in [-0.1, -0.05) is 17.7 Å². The molecule has 1 amide bonds. The van der Waals surface area contributed by atoms with Gasteiger partial charge in [0.15, 0.2) is 0 Å². The number of anilines is 2. The Bertz CT molecular complexity index is 1190. The molecule has 5 rings (SSSR count). The van der Waals surface area contributed by atoms with Gasteiger partial charge in [0.2, 0.25) is 5.91 Å². The second-order valence-electron chi connectivity index (χ2n) is 8.31. The minimum atomic E-state index is 0.0520. The highest BCUT2D eigenvalue weighted by atomic mass is 35.5. The van der Waals surface area contributed by atoms with Crippen molar-refractivity contribution in [2.24, 2.45) is 0 Å². The number of phenols is 1. The highest BCUT2D eigenvalue weighted by molar-refractivity contribution is 7.19. The molecule has 1 saturated carbocycles. The Morgan fingerprint density at radius 1 is 1.38 bits per heavy atom. The molecule has 2 aliphatic rings. The molecule has 0 saturated heterocycles. The van der Waals surface area contributed by atoms with E-state index in [1.165, 1.54) is 30.8 Å². The standard InChI is InChI=1S/C23H24ClN5O2S/c1-28(16-4-5-16)7-2-3-20(31)29-8-6-18-19(12-29)32-23-21(18)22(25-13-26-23)27-15-9-14(24)10-17(30)11-15/h2-3,9-11,13,16,30H,4-8,12H2,1H3,(H,25,26,27). The number of phenolic OH excluding ortho intramolecular Hbond substituents is 1. The molecule has 1 aromatic carbocycles. The number of likely N-dealkylation sites (N-methyl/N-ethyl adjacent to an activating group) is 1. The van der Waals surface area contributed by atoms with E-state index >= 15 is 0 Å². The van der Waals surface area contributed by atoms with E-state index in [1.54, 1.807) is 29.5 Å². The van der Waals surface area contributed by atoms with Crippen molar-refractivity contribution in [2.75, 3.05) is 25.5 Å². The monoisotopic (exact) mass is 469 g/mol. The van der Waals surface area contributed by atoms with Crippen molar-refractivity contribution in [2.45, 2.75) is 31.8 Å². The lowest BCUT2D eigenvalue weighted by Gasteiger charge is -2.26. The smallest absolute Gasteiger partial charge is 0.246 e. The SMILES string of the molecule is CN(CC=CC(=O)N1CCc2c(sc3ncnc(Nc4cc(O)cc(Cl)c4)c23)C1)C1CC1. The normalized spacial score (nSPS) is 16.2. The molecule has 0 unspecified atom stereocenters. The third kappa shape index (κ3) is 4.44. The first-order valence-electron chi connectivity index (χ1n) is 10.7. The van der Waals surface area contributed by atoms with Crippen LogP contribution in [0.25, 0.3) is 10.2 Å². The van der Waals surface area contributed by atoms with Gasteiger partial charge in [-0.3, -0.25) is 9.69 Å². The molecule has 9 heteroatoms. The predicted octanol–water partition coefficient (Wildman–Crippen LogP) is 4.33. The second-order valence-corrected chi connectivity index (χ2v) is 9.83. The Morgan fingerprint density at radius 3 is 3.00 bits per heavy atom. The van der Waals surface area contributed by atoms with Crippen molar-refractivity contribution in [1.29, 1.82) is 0 Å². The van der Waals surface area contributed by atoms with Crippen molar-refractivity contribution in [3.63, 3.8) is 0 Å². The first-order valence-corrected chi connectivity index (χ1v) is 11.8. The topological polar surface area (TPSA) is 81.6 Å². The first kappa shape index (κ1) is 21.2. The molecule has 0 radical (unpaired) electrons. The van der Waals surface area contributed by atoms with E-state index in [0.29, 0.717) is 35.7 Å². The van der Waals surface area contributed by atoms with Gasteiger partial charge in [-0.15, -0.1) is 11.3 Å². The van der Waals surface area contributed by atoms with Crippen LogP contribution in [0.2, 0.25) is 5.02 Å².